The molecule has 138 valence electrons. The zero-order valence-corrected chi connectivity index (χ0v) is 14.5. The molecule has 2 N–H and O–H groups in total. The highest BCUT2D eigenvalue weighted by molar-refractivity contribution is 6.30. The van der Waals surface area contributed by atoms with Crippen LogP contribution in [0.1, 0.15) is 16.3 Å². The third kappa shape index (κ3) is 4.56. The molecule has 0 atom stereocenters. The van der Waals surface area contributed by atoms with Crippen molar-refractivity contribution in [3.8, 4) is 11.5 Å². The van der Waals surface area contributed by atoms with Gasteiger partial charge in [0.2, 0.25) is 0 Å². The maximum absolute atomic E-state index is 12.2. The average molecular weight is 389 g/mol. The Hall–Kier alpha value is -3.52. The van der Waals surface area contributed by atoms with Crippen LogP contribution in [0.25, 0.3) is 0 Å². The third-order valence-electron chi connectivity index (χ3n) is 3.52. The second kappa shape index (κ2) is 7.79. The molecular formula is C18H13ClN2O6. The minimum absolute atomic E-state index is 0.00228. The summed E-state index contributed by atoms with van der Waals surface area (Å²) < 4.78 is 10.9. The molecule has 0 aliphatic rings. The first-order valence-corrected chi connectivity index (χ1v) is 8.06. The highest BCUT2D eigenvalue weighted by Crippen LogP contribution is 2.28. The quantitative estimate of drug-likeness (QED) is 0.368. The van der Waals surface area contributed by atoms with E-state index in [-0.39, 0.29) is 23.7 Å². The first-order valence-electron chi connectivity index (χ1n) is 7.68. The molecule has 1 heterocycles. The molecule has 3 rings (SSSR count). The molecule has 1 amide bonds. The number of nitrogens with one attached hydrogen (secondary N) is 1. The van der Waals surface area contributed by atoms with E-state index in [1.54, 1.807) is 30.3 Å². The number of halogens is 1. The van der Waals surface area contributed by atoms with E-state index in [0.29, 0.717) is 16.5 Å². The largest absolute Gasteiger partial charge is 0.506 e. The summed E-state index contributed by atoms with van der Waals surface area (Å²) in [5.41, 5.74) is -0.258. The molecule has 8 nitrogen and oxygen atoms in total. The number of ether oxygens (including phenoxy) is 1. The Bertz CT molecular complexity index is 984. The Kier molecular flexibility index (Phi) is 5.28. The number of hydrogen-bond donors (Lipinski definition) is 2. The SMILES string of the molecule is O=C(Nc1ccc([N+](=O)[O-])cc1O)c1ccc(COc2ccc(Cl)cc2)o1. The van der Waals surface area contributed by atoms with Crippen LogP contribution >= 0.6 is 11.6 Å². The second-order valence-electron chi connectivity index (χ2n) is 5.42. The number of non-ortho nitro benzene ring substituents is 1. The number of phenols is 1. The summed E-state index contributed by atoms with van der Waals surface area (Å²) >= 11 is 5.80. The first kappa shape index (κ1) is 18.3. The maximum Gasteiger partial charge on any atom is 0.291 e. The van der Waals surface area contributed by atoms with Crippen LogP contribution in [-0.4, -0.2) is 15.9 Å². The third-order valence-corrected chi connectivity index (χ3v) is 3.77. The number of benzene rings is 2. The molecule has 0 aliphatic heterocycles. The molecule has 0 saturated heterocycles. The van der Waals surface area contributed by atoms with E-state index in [4.69, 9.17) is 20.8 Å². The lowest BCUT2D eigenvalue weighted by molar-refractivity contribution is -0.384. The summed E-state index contributed by atoms with van der Waals surface area (Å²) in [7, 11) is 0. The van der Waals surface area contributed by atoms with E-state index in [9.17, 15) is 20.0 Å². The average Bonchev–Trinajstić information content (AvgIpc) is 3.12. The van der Waals surface area contributed by atoms with Gasteiger partial charge < -0.3 is 19.6 Å². The zero-order chi connectivity index (χ0) is 19.4. The Morgan fingerprint density at radius 3 is 2.59 bits per heavy atom. The number of hydrogen-bond acceptors (Lipinski definition) is 6. The molecule has 1 aromatic heterocycles. The van der Waals surface area contributed by atoms with Gasteiger partial charge in [0.1, 0.15) is 23.9 Å². The molecule has 0 saturated carbocycles. The number of rotatable bonds is 6. The Balaban J connectivity index is 1.63. The van der Waals surface area contributed by atoms with Crippen molar-refractivity contribution in [1.82, 2.24) is 0 Å². The molecular weight excluding hydrogens is 376 g/mol. The van der Waals surface area contributed by atoms with E-state index in [0.717, 1.165) is 6.07 Å². The number of nitrogens with zero attached hydrogens (tertiary/aromatic N) is 1. The van der Waals surface area contributed by atoms with Crippen molar-refractivity contribution in [2.45, 2.75) is 6.61 Å². The van der Waals surface area contributed by atoms with Gasteiger partial charge in [-0.25, -0.2) is 0 Å². The van der Waals surface area contributed by atoms with Crippen LogP contribution in [0.15, 0.2) is 59.0 Å². The Labute approximate surface area is 158 Å². The predicted molar refractivity (Wildman–Crippen MR) is 97.2 cm³/mol. The number of nitro groups is 1. The fourth-order valence-corrected chi connectivity index (χ4v) is 2.31. The Morgan fingerprint density at radius 1 is 1.19 bits per heavy atom. The van der Waals surface area contributed by atoms with Crippen molar-refractivity contribution in [1.29, 1.82) is 0 Å². The predicted octanol–water partition coefficient (Wildman–Crippen LogP) is 4.38. The van der Waals surface area contributed by atoms with Gasteiger partial charge in [0.15, 0.2) is 5.76 Å². The molecule has 0 radical (unpaired) electrons. The van der Waals surface area contributed by atoms with Gasteiger partial charge in [0.25, 0.3) is 11.6 Å². The molecule has 9 heteroatoms. The number of carbonyl (C=O) groups excluding carboxylic acids is 1. The number of furan rings is 1. The molecule has 27 heavy (non-hydrogen) atoms. The summed E-state index contributed by atoms with van der Waals surface area (Å²) in [4.78, 5) is 22.2. The lowest BCUT2D eigenvalue weighted by Gasteiger charge is -2.06. The van der Waals surface area contributed by atoms with Crippen LogP contribution < -0.4 is 10.1 Å². The normalized spacial score (nSPS) is 10.4. The first-order chi connectivity index (χ1) is 12.9. The van der Waals surface area contributed by atoms with Crippen molar-refractivity contribution in [3.63, 3.8) is 0 Å². The molecule has 0 spiro atoms. The number of nitro benzene ring substituents is 1. The summed E-state index contributed by atoms with van der Waals surface area (Å²) in [6, 6.07) is 13.2. The Morgan fingerprint density at radius 2 is 1.93 bits per heavy atom. The van der Waals surface area contributed by atoms with Crippen LogP contribution in [0.5, 0.6) is 11.5 Å². The topological polar surface area (TPSA) is 115 Å². The molecule has 0 fully saturated rings. The number of anilines is 1. The van der Waals surface area contributed by atoms with E-state index < -0.39 is 16.6 Å². The summed E-state index contributed by atoms with van der Waals surface area (Å²) in [6.07, 6.45) is 0. The fraction of sp³-hybridized carbons (Fsp3) is 0.0556. The lowest BCUT2D eigenvalue weighted by atomic mass is 10.2. The van der Waals surface area contributed by atoms with Crippen molar-refractivity contribution in [2.24, 2.45) is 0 Å². The van der Waals surface area contributed by atoms with Gasteiger partial charge in [-0.1, -0.05) is 11.6 Å². The molecule has 0 bridgehead atoms. The van der Waals surface area contributed by atoms with Gasteiger partial charge in [0, 0.05) is 11.1 Å². The molecule has 0 aliphatic carbocycles. The number of aromatic hydroxyl groups is 1. The van der Waals surface area contributed by atoms with Gasteiger partial charge in [0.05, 0.1) is 16.7 Å². The lowest BCUT2D eigenvalue weighted by Crippen LogP contribution is -2.11. The molecule has 0 unspecified atom stereocenters. The van der Waals surface area contributed by atoms with Crippen LogP contribution in [0.3, 0.4) is 0 Å². The van der Waals surface area contributed by atoms with E-state index in [2.05, 4.69) is 5.32 Å². The fourth-order valence-electron chi connectivity index (χ4n) is 2.19. The standard InChI is InChI=1S/C18H13ClN2O6/c19-11-1-4-13(5-2-11)26-10-14-6-8-17(27-14)18(23)20-15-7-3-12(21(24)25)9-16(15)22/h1-9,22H,10H2,(H,20,23). The van der Waals surface area contributed by atoms with E-state index >= 15 is 0 Å². The van der Waals surface area contributed by atoms with Gasteiger partial charge in [-0.3, -0.25) is 14.9 Å². The van der Waals surface area contributed by atoms with Crippen molar-refractivity contribution >= 4 is 28.9 Å². The monoisotopic (exact) mass is 388 g/mol. The maximum atomic E-state index is 12.2. The van der Waals surface area contributed by atoms with Crippen molar-refractivity contribution < 1.29 is 24.0 Å². The van der Waals surface area contributed by atoms with Crippen LogP contribution in [0.4, 0.5) is 11.4 Å². The van der Waals surface area contributed by atoms with Gasteiger partial charge in [-0.15, -0.1) is 0 Å². The van der Waals surface area contributed by atoms with E-state index in [1.165, 1.54) is 18.2 Å². The smallest absolute Gasteiger partial charge is 0.291 e. The van der Waals surface area contributed by atoms with Gasteiger partial charge >= 0.3 is 0 Å². The highest BCUT2D eigenvalue weighted by atomic mass is 35.5. The highest BCUT2D eigenvalue weighted by Gasteiger charge is 2.16. The van der Waals surface area contributed by atoms with Gasteiger partial charge in [-0.2, -0.15) is 0 Å². The second-order valence-corrected chi connectivity index (χ2v) is 5.86. The van der Waals surface area contributed by atoms with Crippen LogP contribution in [-0.2, 0) is 6.61 Å². The summed E-state index contributed by atoms with van der Waals surface area (Å²) in [5.74, 6) is -0.0182. The van der Waals surface area contributed by atoms with Crippen LogP contribution in [0, 0.1) is 10.1 Å². The molecule has 3 aromatic rings. The van der Waals surface area contributed by atoms with Gasteiger partial charge in [-0.05, 0) is 42.5 Å². The van der Waals surface area contributed by atoms with Crippen LogP contribution in [0.2, 0.25) is 5.02 Å². The number of carbonyl (C=O) groups is 1. The minimum Gasteiger partial charge on any atom is -0.506 e. The minimum atomic E-state index is -0.648. The van der Waals surface area contributed by atoms with Crippen molar-refractivity contribution in [3.05, 3.63) is 81.3 Å². The summed E-state index contributed by atoms with van der Waals surface area (Å²) in [6.45, 7) is 0.109. The number of phenolic OH excluding ortho intramolecular Hbond substituents is 1. The summed E-state index contributed by atoms with van der Waals surface area (Å²) in [5, 5.41) is 23.5. The number of amides is 1. The van der Waals surface area contributed by atoms with Crippen molar-refractivity contribution in [2.75, 3.05) is 5.32 Å². The molecule has 2 aromatic carbocycles. The van der Waals surface area contributed by atoms with E-state index in [1.807, 2.05) is 0 Å². The zero-order valence-electron chi connectivity index (χ0n) is 13.7.